The molecule has 18 heavy (non-hydrogen) atoms. The molecule has 0 saturated carbocycles. The monoisotopic (exact) mass is 265 g/mol. The maximum absolute atomic E-state index is 12.6. The lowest BCUT2D eigenvalue weighted by Crippen LogP contribution is -2.48. The van der Waals surface area contributed by atoms with Gasteiger partial charge in [0.1, 0.15) is 5.82 Å². The molecule has 0 radical (unpaired) electrons. The fourth-order valence-electron chi connectivity index (χ4n) is 2.15. The van der Waals surface area contributed by atoms with E-state index in [0.29, 0.717) is 16.6 Å². The Morgan fingerprint density at radius 3 is 3.06 bits per heavy atom. The van der Waals surface area contributed by atoms with Gasteiger partial charge < -0.3 is 10.2 Å². The summed E-state index contributed by atoms with van der Waals surface area (Å²) in [6.45, 7) is 5.11. The van der Waals surface area contributed by atoms with Gasteiger partial charge in [-0.2, -0.15) is 11.8 Å². The summed E-state index contributed by atoms with van der Waals surface area (Å²) in [5.74, 6) is 1.74. The number of anilines is 1. The fourth-order valence-corrected chi connectivity index (χ4v) is 3.25. The highest BCUT2D eigenvalue weighted by Gasteiger charge is 2.30. The molecule has 1 fully saturated rings. The molecule has 1 aromatic heterocycles. The average molecular weight is 265 g/mol. The van der Waals surface area contributed by atoms with E-state index in [1.165, 1.54) is 0 Å². The zero-order valence-electron chi connectivity index (χ0n) is 11.0. The van der Waals surface area contributed by atoms with Gasteiger partial charge in [0.15, 0.2) is 0 Å². The lowest BCUT2D eigenvalue weighted by Gasteiger charge is -2.37. The molecule has 0 bridgehead atoms. The van der Waals surface area contributed by atoms with Gasteiger partial charge in [-0.05, 0) is 19.1 Å². The Labute approximate surface area is 112 Å². The zero-order chi connectivity index (χ0) is 13.1. The molecule has 0 aliphatic carbocycles. The second-order valence-corrected chi connectivity index (χ2v) is 5.95. The average Bonchev–Trinajstić information content (AvgIpc) is 2.41. The lowest BCUT2D eigenvalue weighted by atomic mass is 10.1. The molecule has 1 N–H and O–H groups in total. The van der Waals surface area contributed by atoms with Crippen molar-refractivity contribution in [3.05, 3.63) is 23.9 Å². The van der Waals surface area contributed by atoms with Crippen molar-refractivity contribution in [1.82, 2.24) is 9.88 Å². The van der Waals surface area contributed by atoms with Crippen molar-refractivity contribution >= 4 is 23.5 Å². The van der Waals surface area contributed by atoms with E-state index in [1.54, 1.807) is 19.3 Å². The molecular formula is C13H19N3OS. The summed E-state index contributed by atoms with van der Waals surface area (Å²) in [6.07, 6.45) is 1.70. The minimum atomic E-state index is 0.0760. The Bertz CT molecular complexity index is 438. The first-order chi connectivity index (χ1) is 8.65. The third-order valence-electron chi connectivity index (χ3n) is 3.42. The van der Waals surface area contributed by atoms with Crippen LogP contribution in [-0.4, -0.2) is 46.4 Å². The van der Waals surface area contributed by atoms with Crippen molar-refractivity contribution in [2.75, 3.05) is 24.7 Å². The van der Waals surface area contributed by atoms with Crippen LogP contribution in [0.3, 0.4) is 0 Å². The van der Waals surface area contributed by atoms with Gasteiger partial charge in [0, 0.05) is 36.8 Å². The molecule has 4 nitrogen and oxygen atoms in total. The smallest absolute Gasteiger partial charge is 0.257 e. The summed E-state index contributed by atoms with van der Waals surface area (Å²) >= 11 is 1.93. The Hall–Kier alpha value is -1.23. The summed E-state index contributed by atoms with van der Waals surface area (Å²) in [5.41, 5.74) is 0.658. The number of aromatic nitrogens is 1. The van der Waals surface area contributed by atoms with E-state index >= 15 is 0 Å². The fraction of sp³-hybridized carbons (Fsp3) is 0.538. The first-order valence-corrected chi connectivity index (χ1v) is 7.25. The molecule has 2 rings (SSSR count). The number of carbonyl (C=O) groups excluding carboxylic acids is 1. The van der Waals surface area contributed by atoms with Crippen molar-refractivity contribution in [1.29, 1.82) is 0 Å². The van der Waals surface area contributed by atoms with Crippen LogP contribution in [0.5, 0.6) is 0 Å². The Balaban J connectivity index is 2.25. The van der Waals surface area contributed by atoms with E-state index in [1.807, 2.05) is 22.7 Å². The zero-order valence-corrected chi connectivity index (χ0v) is 11.8. The van der Waals surface area contributed by atoms with Crippen LogP contribution >= 0.6 is 11.8 Å². The highest BCUT2D eigenvalue weighted by atomic mass is 32.2. The van der Waals surface area contributed by atoms with E-state index < -0.39 is 0 Å². The molecular weight excluding hydrogens is 246 g/mol. The molecule has 2 heterocycles. The van der Waals surface area contributed by atoms with Gasteiger partial charge in [-0.15, -0.1) is 0 Å². The van der Waals surface area contributed by atoms with Crippen molar-refractivity contribution in [3.8, 4) is 0 Å². The summed E-state index contributed by atoms with van der Waals surface area (Å²) in [6, 6.07) is 3.91. The minimum Gasteiger partial charge on any atom is -0.372 e. The summed E-state index contributed by atoms with van der Waals surface area (Å²) in [4.78, 5) is 18.7. The van der Waals surface area contributed by atoms with Crippen molar-refractivity contribution in [3.63, 3.8) is 0 Å². The van der Waals surface area contributed by atoms with Gasteiger partial charge in [0.25, 0.3) is 5.91 Å². The Morgan fingerprint density at radius 1 is 1.56 bits per heavy atom. The Kier molecular flexibility index (Phi) is 4.11. The molecule has 1 saturated heterocycles. The van der Waals surface area contributed by atoms with Crippen LogP contribution in [0.4, 0.5) is 5.82 Å². The summed E-state index contributed by atoms with van der Waals surface area (Å²) in [5, 5.41) is 3.46. The van der Waals surface area contributed by atoms with Gasteiger partial charge in [0.2, 0.25) is 0 Å². The predicted octanol–water partition coefficient (Wildman–Crippen LogP) is 2.09. The Morgan fingerprint density at radius 2 is 2.33 bits per heavy atom. The molecule has 98 valence electrons. The minimum absolute atomic E-state index is 0.0760. The molecule has 5 heteroatoms. The lowest BCUT2D eigenvalue weighted by molar-refractivity contribution is 0.0699. The SMILES string of the molecule is CNc1ncccc1C(=O)N1CCSC(C)C1C. The number of hydrogen-bond donors (Lipinski definition) is 1. The van der Waals surface area contributed by atoms with Gasteiger partial charge in [-0.1, -0.05) is 6.92 Å². The number of amides is 1. The third kappa shape index (κ3) is 2.46. The van der Waals surface area contributed by atoms with E-state index in [0.717, 1.165) is 12.3 Å². The quantitative estimate of drug-likeness (QED) is 0.889. The summed E-state index contributed by atoms with van der Waals surface area (Å²) in [7, 11) is 1.79. The number of nitrogens with zero attached hydrogens (tertiary/aromatic N) is 2. The van der Waals surface area contributed by atoms with Gasteiger partial charge in [0.05, 0.1) is 5.56 Å². The molecule has 2 unspecified atom stereocenters. The van der Waals surface area contributed by atoms with Crippen molar-refractivity contribution in [2.45, 2.75) is 25.1 Å². The maximum Gasteiger partial charge on any atom is 0.257 e. The molecule has 1 amide bonds. The van der Waals surface area contributed by atoms with Crippen molar-refractivity contribution in [2.24, 2.45) is 0 Å². The van der Waals surface area contributed by atoms with Crippen molar-refractivity contribution < 1.29 is 4.79 Å². The van der Waals surface area contributed by atoms with Crippen LogP contribution in [0.15, 0.2) is 18.3 Å². The van der Waals surface area contributed by atoms with E-state index in [2.05, 4.69) is 24.1 Å². The van der Waals surface area contributed by atoms with Gasteiger partial charge in [-0.3, -0.25) is 4.79 Å². The number of carbonyl (C=O) groups is 1. The largest absolute Gasteiger partial charge is 0.372 e. The second kappa shape index (κ2) is 5.61. The maximum atomic E-state index is 12.6. The van der Waals surface area contributed by atoms with E-state index in [4.69, 9.17) is 0 Å². The standard InChI is InChI=1S/C13H19N3OS/c1-9-10(2)18-8-7-16(9)13(17)11-5-4-6-15-12(11)14-3/h4-6,9-10H,7-8H2,1-3H3,(H,14,15). The number of rotatable bonds is 2. The topological polar surface area (TPSA) is 45.2 Å². The molecule has 0 aromatic carbocycles. The number of thioether (sulfide) groups is 1. The number of nitrogens with one attached hydrogen (secondary N) is 1. The van der Waals surface area contributed by atoms with E-state index in [9.17, 15) is 4.79 Å². The van der Waals surface area contributed by atoms with Crippen LogP contribution < -0.4 is 5.32 Å². The molecule has 1 aliphatic heterocycles. The van der Waals surface area contributed by atoms with Crippen LogP contribution in [0.1, 0.15) is 24.2 Å². The van der Waals surface area contributed by atoms with Gasteiger partial charge in [-0.25, -0.2) is 4.98 Å². The number of hydrogen-bond acceptors (Lipinski definition) is 4. The van der Waals surface area contributed by atoms with Crippen LogP contribution in [-0.2, 0) is 0 Å². The second-order valence-electron chi connectivity index (χ2n) is 4.46. The van der Waals surface area contributed by atoms with Gasteiger partial charge >= 0.3 is 0 Å². The first-order valence-electron chi connectivity index (χ1n) is 6.20. The van der Waals surface area contributed by atoms with Crippen LogP contribution in [0, 0.1) is 0 Å². The first kappa shape index (κ1) is 13.2. The van der Waals surface area contributed by atoms with Crippen LogP contribution in [0.2, 0.25) is 0 Å². The van der Waals surface area contributed by atoms with Crippen LogP contribution in [0.25, 0.3) is 0 Å². The third-order valence-corrected chi connectivity index (χ3v) is 4.76. The molecule has 1 aliphatic rings. The summed E-state index contributed by atoms with van der Waals surface area (Å²) < 4.78 is 0. The molecule has 0 spiro atoms. The highest BCUT2D eigenvalue weighted by Crippen LogP contribution is 2.26. The predicted molar refractivity (Wildman–Crippen MR) is 76.2 cm³/mol. The molecule has 2 atom stereocenters. The highest BCUT2D eigenvalue weighted by molar-refractivity contribution is 8.00. The molecule has 1 aromatic rings. The number of pyridine rings is 1. The normalized spacial score (nSPS) is 23.8. The van der Waals surface area contributed by atoms with E-state index in [-0.39, 0.29) is 11.9 Å².